The van der Waals surface area contributed by atoms with Crippen molar-refractivity contribution >= 4 is 35.4 Å². The number of ether oxygens (including phenoxy) is 1. The standard InChI is InChI=1S/C18H24N4O6S/c1-12(2)19-15(23)11-20-7-9-21(10-8-20)18(25)28-16(17(24)29)13-3-5-14(6-4-13)22(26)27/h3-6,12,16H,7-11H2,1-2H3,(H,19,23)(H,24,29)/t16-/m0/s1. The summed E-state index contributed by atoms with van der Waals surface area (Å²) in [7, 11) is 0. The van der Waals surface area contributed by atoms with Gasteiger partial charge in [0.1, 0.15) is 0 Å². The van der Waals surface area contributed by atoms with Gasteiger partial charge in [-0.2, -0.15) is 0 Å². The first kappa shape index (κ1) is 22.6. The SMILES string of the molecule is CC(C)NC(=O)CN1CCN(C(=O)O[C@H](C(=O)S)c2ccc([N+](=O)[O-])cc2)CC1. The Morgan fingerprint density at radius 1 is 1.17 bits per heavy atom. The summed E-state index contributed by atoms with van der Waals surface area (Å²) in [5, 5.41) is 12.9. The van der Waals surface area contributed by atoms with Crippen LogP contribution in [0.15, 0.2) is 24.3 Å². The molecule has 1 fully saturated rings. The number of thiol groups is 1. The van der Waals surface area contributed by atoms with Crippen molar-refractivity contribution in [3.05, 3.63) is 39.9 Å². The molecule has 1 atom stereocenters. The number of hydrogen-bond acceptors (Lipinski definition) is 7. The summed E-state index contributed by atoms with van der Waals surface area (Å²) in [6.45, 7) is 5.71. The molecule has 11 heteroatoms. The fourth-order valence-corrected chi connectivity index (χ4v) is 3.07. The summed E-state index contributed by atoms with van der Waals surface area (Å²) in [6.07, 6.45) is -1.94. The highest BCUT2D eigenvalue weighted by Gasteiger charge is 2.28. The van der Waals surface area contributed by atoms with Crippen molar-refractivity contribution in [2.24, 2.45) is 0 Å². The minimum Gasteiger partial charge on any atom is -0.432 e. The van der Waals surface area contributed by atoms with E-state index in [0.29, 0.717) is 31.7 Å². The molecule has 10 nitrogen and oxygen atoms in total. The largest absolute Gasteiger partial charge is 0.432 e. The van der Waals surface area contributed by atoms with Gasteiger partial charge in [-0.25, -0.2) is 4.79 Å². The van der Waals surface area contributed by atoms with E-state index in [1.165, 1.54) is 29.2 Å². The molecule has 0 unspecified atom stereocenters. The molecule has 0 spiro atoms. The normalized spacial score (nSPS) is 15.7. The highest BCUT2D eigenvalue weighted by molar-refractivity contribution is 7.96. The first-order chi connectivity index (χ1) is 13.7. The molecule has 1 heterocycles. The minimum absolute atomic E-state index is 0.0638. The molecule has 0 radical (unpaired) electrons. The average Bonchev–Trinajstić information content (AvgIpc) is 2.65. The maximum absolute atomic E-state index is 12.4. The molecule has 1 aromatic rings. The zero-order chi connectivity index (χ0) is 21.6. The zero-order valence-corrected chi connectivity index (χ0v) is 17.1. The number of non-ortho nitro benzene ring substituents is 1. The maximum atomic E-state index is 12.4. The van der Waals surface area contributed by atoms with Crippen molar-refractivity contribution in [2.45, 2.75) is 26.0 Å². The Kier molecular flexibility index (Phi) is 7.97. The van der Waals surface area contributed by atoms with Crippen molar-refractivity contribution < 1.29 is 24.0 Å². The fraction of sp³-hybridized carbons (Fsp3) is 0.500. The van der Waals surface area contributed by atoms with Crippen LogP contribution in [0.3, 0.4) is 0 Å². The predicted octanol–water partition coefficient (Wildman–Crippen LogP) is 1.37. The average molecular weight is 424 g/mol. The Hall–Kier alpha value is -2.66. The van der Waals surface area contributed by atoms with Crippen molar-refractivity contribution in [1.29, 1.82) is 0 Å². The molecule has 1 aromatic carbocycles. The van der Waals surface area contributed by atoms with Crippen LogP contribution in [0.2, 0.25) is 0 Å². The van der Waals surface area contributed by atoms with Crippen molar-refractivity contribution in [1.82, 2.24) is 15.1 Å². The lowest BCUT2D eigenvalue weighted by atomic mass is 10.1. The summed E-state index contributed by atoms with van der Waals surface area (Å²) in [5.41, 5.74) is 0.163. The molecule has 0 bridgehead atoms. The lowest BCUT2D eigenvalue weighted by molar-refractivity contribution is -0.384. The summed E-state index contributed by atoms with van der Waals surface area (Å²) >= 11 is 3.77. The van der Waals surface area contributed by atoms with Crippen LogP contribution in [-0.4, -0.2) is 70.6 Å². The number of nitrogens with zero attached hydrogens (tertiary/aromatic N) is 3. The third-order valence-corrected chi connectivity index (χ3v) is 4.53. The molecule has 29 heavy (non-hydrogen) atoms. The van der Waals surface area contributed by atoms with Crippen LogP contribution in [0.5, 0.6) is 0 Å². The molecule has 2 amide bonds. The molecule has 1 N–H and O–H groups in total. The molecule has 1 aliphatic heterocycles. The van der Waals surface area contributed by atoms with Crippen molar-refractivity contribution in [2.75, 3.05) is 32.7 Å². The van der Waals surface area contributed by atoms with Gasteiger partial charge in [0.2, 0.25) is 11.0 Å². The molecular formula is C18H24N4O6S. The van der Waals surface area contributed by atoms with Gasteiger partial charge >= 0.3 is 6.09 Å². The summed E-state index contributed by atoms with van der Waals surface area (Å²) in [5.74, 6) is -0.0741. The highest BCUT2D eigenvalue weighted by Crippen LogP contribution is 2.24. The van der Waals surface area contributed by atoms with Gasteiger partial charge < -0.3 is 15.0 Å². The van der Waals surface area contributed by atoms with E-state index in [1.807, 2.05) is 18.7 Å². The number of amides is 2. The van der Waals surface area contributed by atoms with Gasteiger partial charge in [-0.05, 0) is 26.0 Å². The number of carbonyl (C=O) groups is 3. The number of nitro benzene ring substituents is 1. The number of piperazine rings is 1. The van der Waals surface area contributed by atoms with Crippen LogP contribution in [0.25, 0.3) is 0 Å². The maximum Gasteiger partial charge on any atom is 0.410 e. The first-order valence-corrected chi connectivity index (χ1v) is 9.56. The van der Waals surface area contributed by atoms with E-state index >= 15 is 0 Å². The lowest BCUT2D eigenvalue weighted by Crippen LogP contribution is -2.51. The van der Waals surface area contributed by atoms with Gasteiger partial charge in [0, 0.05) is 49.9 Å². The number of nitrogens with one attached hydrogen (secondary N) is 1. The topological polar surface area (TPSA) is 122 Å². The predicted molar refractivity (Wildman–Crippen MR) is 108 cm³/mol. The van der Waals surface area contributed by atoms with Gasteiger partial charge in [-0.1, -0.05) is 0 Å². The summed E-state index contributed by atoms with van der Waals surface area (Å²) in [4.78, 5) is 49.7. The second-order valence-electron chi connectivity index (χ2n) is 6.94. The van der Waals surface area contributed by atoms with Crippen LogP contribution in [-0.2, 0) is 14.3 Å². The Labute approximate surface area is 173 Å². The first-order valence-electron chi connectivity index (χ1n) is 9.11. The Morgan fingerprint density at radius 2 is 1.76 bits per heavy atom. The van der Waals surface area contributed by atoms with Gasteiger partial charge in [0.25, 0.3) is 5.69 Å². The third-order valence-electron chi connectivity index (χ3n) is 4.30. The lowest BCUT2D eigenvalue weighted by Gasteiger charge is -2.34. The number of nitro groups is 1. The molecule has 0 saturated carbocycles. The van der Waals surface area contributed by atoms with E-state index < -0.39 is 22.2 Å². The Balaban J connectivity index is 1.92. The van der Waals surface area contributed by atoms with Crippen LogP contribution in [0.4, 0.5) is 10.5 Å². The van der Waals surface area contributed by atoms with E-state index in [4.69, 9.17) is 4.74 Å². The third kappa shape index (κ3) is 6.71. The van der Waals surface area contributed by atoms with E-state index in [-0.39, 0.29) is 24.2 Å². The Morgan fingerprint density at radius 3 is 2.24 bits per heavy atom. The van der Waals surface area contributed by atoms with Crippen LogP contribution in [0.1, 0.15) is 25.5 Å². The van der Waals surface area contributed by atoms with Crippen LogP contribution in [0, 0.1) is 10.1 Å². The highest BCUT2D eigenvalue weighted by atomic mass is 32.1. The monoisotopic (exact) mass is 424 g/mol. The zero-order valence-electron chi connectivity index (χ0n) is 16.2. The van der Waals surface area contributed by atoms with Crippen LogP contribution < -0.4 is 5.32 Å². The summed E-state index contributed by atoms with van der Waals surface area (Å²) < 4.78 is 5.30. The Bertz CT molecular complexity index is 762. The van der Waals surface area contributed by atoms with Crippen LogP contribution >= 0.6 is 12.6 Å². The molecular weight excluding hydrogens is 400 g/mol. The molecule has 1 aliphatic rings. The van der Waals surface area contributed by atoms with Crippen molar-refractivity contribution in [3.8, 4) is 0 Å². The van der Waals surface area contributed by atoms with E-state index in [2.05, 4.69) is 17.9 Å². The van der Waals surface area contributed by atoms with Gasteiger partial charge in [-0.3, -0.25) is 24.6 Å². The molecule has 0 aliphatic carbocycles. The number of carbonyl (C=O) groups excluding carboxylic acids is 3. The van der Waals surface area contributed by atoms with E-state index in [1.54, 1.807) is 0 Å². The van der Waals surface area contributed by atoms with E-state index in [0.717, 1.165) is 0 Å². The van der Waals surface area contributed by atoms with Gasteiger partial charge in [-0.15, -0.1) is 12.6 Å². The second-order valence-corrected chi connectivity index (χ2v) is 7.38. The molecule has 2 rings (SSSR count). The molecule has 0 aromatic heterocycles. The smallest absolute Gasteiger partial charge is 0.410 e. The molecule has 1 saturated heterocycles. The minimum atomic E-state index is -1.26. The second kappa shape index (κ2) is 10.2. The number of benzene rings is 1. The quantitative estimate of drug-likeness (QED) is 0.385. The van der Waals surface area contributed by atoms with Crippen molar-refractivity contribution in [3.63, 3.8) is 0 Å². The summed E-state index contributed by atoms with van der Waals surface area (Å²) in [6, 6.07) is 5.24. The van der Waals surface area contributed by atoms with E-state index in [9.17, 15) is 24.5 Å². The van der Waals surface area contributed by atoms with Gasteiger partial charge in [0.15, 0.2) is 6.10 Å². The fourth-order valence-electron chi connectivity index (χ4n) is 2.87. The van der Waals surface area contributed by atoms with Gasteiger partial charge in [0.05, 0.1) is 11.5 Å². The number of hydrogen-bond donors (Lipinski definition) is 2. The molecule has 158 valence electrons. The number of rotatable bonds is 7.